The Bertz CT molecular complexity index is 1170. The van der Waals surface area contributed by atoms with Crippen molar-refractivity contribution in [3.05, 3.63) is 52.9 Å². The molecule has 0 fully saturated rings. The lowest BCUT2D eigenvalue weighted by molar-refractivity contribution is -0.114. The molecule has 0 atom stereocenters. The number of nitrogens with zero attached hydrogens (tertiary/aromatic N) is 4. The fourth-order valence-corrected chi connectivity index (χ4v) is 4.98. The largest absolute Gasteiger partial charge is 0.497 e. The smallest absolute Gasteiger partial charge is 0.283 e. The molecule has 0 bridgehead atoms. The molecule has 0 unspecified atom stereocenters. The Balaban J connectivity index is 1.59. The molecular formula is C25H29N5O2S. The SMILES string of the molecule is CCCCCCC1=NN2C(=N)/C(=C/c3cc(C)n(-c4ccc(OC)cc4)c3C)C(=O)N=C2S1. The second-order valence-electron chi connectivity index (χ2n) is 8.18. The number of aryl methyl sites for hydroxylation is 1. The maximum atomic E-state index is 12.8. The Morgan fingerprint density at radius 3 is 2.61 bits per heavy atom. The van der Waals surface area contributed by atoms with Gasteiger partial charge in [-0.1, -0.05) is 26.2 Å². The molecule has 1 N–H and O–H groups in total. The summed E-state index contributed by atoms with van der Waals surface area (Å²) in [6.07, 6.45) is 7.22. The second kappa shape index (κ2) is 9.79. The summed E-state index contributed by atoms with van der Waals surface area (Å²) in [5, 5.41) is 16.1. The molecule has 0 spiro atoms. The van der Waals surface area contributed by atoms with Crippen LogP contribution in [0.1, 0.15) is 56.0 Å². The quantitative estimate of drug-likeness (QED) is 0.402. The van der Waals surface area contributed by atoms with Crippen molar-refractivity contribution in [1.29, 1.82) is 5.41 Å². The van der Waals surface area contributed by atoms with E-state index in [1.807, 2.05) is 44.2 Å². The van der Waals surface area contributed by atoms with Crippen molar-refractivity contribution in [3.63, 3.8) is 0 Å². The molecule has 2 aliphatic heterocycles. The number of amides is 1. The van der Waals surface area contributed by atoms with Gasteiger partial charge in [0, 0.05) is 17.1 Å². The number of thioether (sulfide) groups is 1. The van der Waals surface area contributed by atoms with E-state index in [0.29, 0.717) is 5.17 Å². The number of benzene rings is 1. The maximum Gasteiger partial charge on any atom is 0.283 e. The Morgan fingerprint density at radius 1 is 1.15 bits per heavy atom. The van der Waals surface area contributed by atoms with Gasteiger partial charge in [0.1, 0.15) is 10.8 Å². The van der Waals surface area contributed by atoms with Crippen molar-refractivity contribution in [2.75, 3.05) is 7.11 Å². The number of aromatic nitrogens is 1. The molecule has 3 heterocycles. The zero-order valence-corrected chi connectivity index (χ0v) is 20.3. The summed E-state index contributed by atoms with van der Waals surface area (Å²) in [6, 6.07) is 9.86. The Hall–Kier alpha value is -3.13. The van der Waals surface area contributed by atoms with E-state index in [9.17, 15) is 4.79 Å². The molecule has 33 heavy (non-hydrogen) atoms. The van der Waals surface area contributed by atoms with E-state index in [4.69, 9.17) is 10.1 Å². The van der Waals surface area contributed by atoms with E-state index in [-0.39, 0.29) is 11.4 Å². The number of fused-ring (bicyclic) bond motifs is 1. The summed E-state index contributed by atoms with van der Waals surface area (Å²) < 4.78 is 7.38. The molecule has 0 aliphatic carbocycles. The van der Waals surface area contributed by atoms with E-state index < -0.39 is 5.91 Å². The monoisotopic (exact) mass is 463 g/mol. The molecule has 4 rings (SSSR count). The number of hydrogen-bond donors (Lipinski definition) is 1. The minimum Gasteiger partial charge on any atom is -0.497 e. The highest BCUT2D eigenvalue weighted by Gasteiger charge is 2.35. The lowest BCUT2D eigenvalue weighted by atomic mass is 10.1. The second-order valence-corrected chi connectivity index (χ2v) is 9.22. The summed E-state index contributed by atoms with van der Waals surface area (Å²) in [5.74, 6) is 0.484. The number of methoxy groups -OCH3 is 1. The number of ether oxygens (including phenoxy) is 1. The molecule has 1 aromatic heterocycles. The van der Waals surface area contributed by atoms with Gasteiger partial charge in [0.15, 0.2) is 5.84 Å². The first-order valence-corrected chi connectivity index (χ1v) is 12.1. The fourth-order valence-electron chi connectivity index (χ4n) is 4.05. The number of amidine groups is 2. The Morgan fingerprint density at radius 2 is 1.91 bits per heavy atom. The van der Waals surface area contributed by atoms with Crippen LogP contribution in [0.25, 0.3) is 11.8 Å². The van der Waals surface area contributed by atoms with Gasteiger partial charge in [0.2, 0.25) is 5.17 Å². The maximum absolute atomic E-state index is 12.8. The van der Waals surface area contributed by atoms with Gasteiger partial charge >= 0.3 is 0 Å². The lowest BCUT2D eigenvalue weighted by Gasteiger charge is -2.20. The average Bonchev–Trinajstić information content (AvgIpc) is 3.34. The third-order valence-corrected chi connectivity index (χ3v) is 6.81. The molecule has 7 nitrogen and oxygen atoms in total. The van der Waals surface area contributed by atoms with E-state index in [2.05, 4.69) is 21.6 Å². The first-order chi connectivity index (χ1) is 15.9. The number of rotatable bonds is 8. The normalized spacial score (nSPS) is 16.8. The van der Waals surface area contributed by atoms with Crippen LogP contribution < -0.4 is 4.74 Å². The fraction of sp³-hybridized carbons (Fsp3) is 0.360. The van der Waals surface area contributed by atoms with E-state index in [1.54, 1.807) is 13.2 Å². The summed E-state index contributed by atoms with van der Waals surface area (Å²) >= 11 is 1.40. The molecule has 0 saturated carbocycles. The predicted octanol–water partition coefficient (Wildman–Crippen LogP) is 5.69. The summed E-state index contributed by atoms with van der Waals surface area (Å²) in [7, 11) is 1.65. The molecule has 2 aromatic rings. The Labute approximate surface area is 198 Å². The standard InChI is InChI=1S/C25H29N5O2S/c1-5-6-7-8-9-22-28-30-23(26)21(24(31)27-25(30)33-22)15-18-14-16(2)29(17(18)3)19-10-12-20(32-4)13-11-19/h10-15,26H,5-9H2,1-4H3/b21-15-,26-23?. The number of aliphatic imine (C=N–C) groups is 1. The van der Waals surface area contributed by atoms with Gasteiger partial charge in [-0.25, -0.2) is 0 Å². The van der Waals surface area contributed by atoms with E-state index in [0.717, 1.165) is 52.7 Å². The van der Waals surface area contributed by atoms with E-state index in [1.165, 1.54) is 29.6 Å². The van der Waals surface area contributed by atoms with E-state index >= 15 is 0 Å². The van der Waals surface area contributed by atoms with Gasteiger partial charge in [0.05, 0.1) is 12.7 Å². The minimum absolute atomic E-state index is 0.0790. The van der Waals surface area contributed by atoms with Crippen LogP contribution in [-0.4, -0.2) is 38.6 Å². The van der Waals surface area contributed by atoms with Crippen molar-refractivity contribution in [1.82, 2.24) is 9.58 Å². The number of nitrogens with one attached hydrogen (secondary N) is 1. The van der Waals surface area contributed by atoms with Crippen LogP contribution in [0.4, 0.5) is 0 Å². The third kappa shape index (κ3) is 4.66. The highest BCUT2D eigenvalue weighted by Crippen LogP contribution is 2.31. The third-order valence-electron chi connectivity index (χ3n) is 5.84. The first kappa shape index (κ1) is 23.0. The van der Waals surface area contributed by atoms with Gasteiger partial charge in [0.25, 0.3) is 5.91 Å². The summed E-state index contributed by atoms with van der Waals surface area (Å²) in [4.78, 5) is 17.0. The van der Waals surface area contributed by atoms with Crippen molar-refractivity contribution < 1.29 is 9.53 Å². The van der Waals surface area contributed by atoms with Crippen LogP contribution in [0.5, 0.6) is 5.75 Å². The highest BCUT2D eigenvalue weighted by atomic mass is 32.2. The van der Waals surface area contributed by atoms with Gasteiger partial charge < -0.3 is 9.30 Å². The van der Waals surface area contributed by atoms with Gasteiger partial charge in [-0.05, 0) is 80.4 Å². The molecule has 1 amide bonds. The Kier molecular flexibility index (Phi) is 6.83. The first-order valence-electron chi connectivity index (χ1n) is 11.3. The predicted molar refractivity (Wildman–Crippen MR) is 136 cm³/mol. The van der Waals surface area contributed by atoms with Gasteiger partial charge in [-0.2, -0.15) is 15.1 Å². The molecule has 172 valence electrons. The van der Waals surface area contributed by atoms with Crippen LogP contribution in [0, 0.1) is 19.3 Å². The molecule has 0 radical (unpaired) electrons. The van der Waals surface area contributed by atoms with Gasteiger partial charge in [-0.15, -0.1) is 0 Å². The van der Waals surface area contributed by atoms with Gasteiger partial charge in [-0.3, -0.25) is 10.2 Å². The zero-order valence-electron chi connectivity index (χ0n) is 19.5. The molecule has 0 saturated heterocycles. The molecular weight excluding hydrogens is 434 g/mol. The summed E-state index contributed by atoms with van der Waals surface area (Å²) in [6.45, 7) is 6.22. The highest BCUT2D eigenvalue weighted by molar-refractivity contribution is 8.26. The average molecular weight is 464 g/mol. The van der Waals surface area contributed by atoms with Crippen molar-refractivity contribution >= 4 is 39.8 Å². The van der Waals surface area contributed by atoms with Crippen LogP contribution >= 0.6 is 11.8 Å². The lowest BCUT2D eigenvalue weighted by Crippen LogP contribution is -2.35. The summed E-state index contributed by atoms with van der Waals surface area (Å²) in [5.41, 5.74) is 4.16. The molecule has 8 heteroatoms. The number of hydrogen-bond acceptors (Lipinski definition) is 5. The van der Waals surface area contributed by atoms with Crippen LogP contribution in [0.3, 0.4) is 0 Å². The number of hydrazone groups is 1. The minimum atomic E-state index is -0.393. The van der Waals surface area contributed by atoms with Crippen molar-refractivity contribution in [2.45, 2.75) is 52.9 Å². The van der Waals surface area contributed by atoms with Crippen LogP contribution in [0.2, 0.25) is 0 Å². The molecule has 2 aliphatic rings. The van der Waals surface area contributed by atoms with Crippen molar-refractivity contribution in [2.24, 2.45) is 10.1 Å². The topological polar surface area (TPSA) is 83.0 Å². The number of unbranched alkanes of at least 4 members (excludes halogenated alkanes) is 3. The zero-order chi connectivity index (χ0) is 23.5. The number of carbonyl (C=O) groups excluding carboxylic acids is 1. The number of carbonyl (C=O) groups is 1. The van der Waals surface area contributed by atoms with Crippen LogP contribution in [-0.2, 0) is 4.79 Å². The molecule has 1 aromatic carbocycles. The van der Waals surface area contributed by atoms with Crippen LogP contribution in [0.15, 0.2) is 46.0 Å². The van der Waals surface area contributed by atoms with Crippen molar-refractivity contribution in [3.8, 4) is 11.4 Å².